The zero-order chi connectivity index (χ0) is 18.4. The zero-order valence-corrected chi connectivity index (χ0v) is 13.2. The molecule has 134 valence electrons. The van der Waals surface area contributed by atoms with E-state index in [0.29, 0.717) is 5.69 Å². The normalized spacial score (nSPS) is 12.4. The number of carbonyl (C=O) groups is 1. The van der Waals surface area contributed by atoms with Crippen molar-refractivity contribution in [3.05, 3.63) is 59.9 Å². The van der Waals surface area contributed by atoms with E-state index in [4.69, 9.17) is 0 Å². The van der Waals surface area contributed by atoms with Gasteiger partial charge in [-0.2, -0.15) is 0 Å². The van der Waals surface area contributed by atoms with E-state index in [2.05, 4.69) is 15.4 Å². The maximum atomic E-state index is 12.8. The number of ether oxygens (including phenoxy) is 1. The minimum Gasteiger partial charge on any atom is -0.406 e. The van der Waals surface area contributed by atoms with Gasteiger partial charge in [-0.05, 0) is 48.9 Å². The maximum absolute atomic E-state index is 12.8. The summed E-state index contributed by atoms with van der Waals surface area (Å²) >= 11 is 0. The molecule has 0 radical (unpaired) electrons. The van der Waals surface area contributed by atoms with Crippen LogP contribution in [-0.2, 0) is 11.3 Å². The van der Waals surface area contributed by atoms with Gasteiger partial charge in [-0.25, -0.2) is 4.39 Å². The van der Waals surface area contributed by atoms with Gasteiger partial charge in [-0.3, -0.25) is 4.79 Å². The van der Waals surface area contributed by atoms with Gasteiger partial charge in [0.2, 0.25) is 5.91 Å². The molecule has 0 spiro atoms. The van der Waals surface area contributed by atoms with Crippen LogP contribution in [0, 0.1) is 5.82 Å². The Morgan fingerprint density at radius 2 is 1.68 bits per heavy atom. The van der Waals surface area contributed by atoms with Crippen molar-refractivity contribution in [2.75, 3.05) is 5.32 Å². The lowest BCUT2D eigenvalue weighted by molar-refractivity contribution is -0.274. The van der Waals surface area contributed by atoms with Gasteiger partial charge in [0.15, 0.2) is 0 Å². The average molecular weight is 356 g/mol. The first kappa shape index (κ1) is 18.6. The molecule has 0 aromatic heterocycles. The van der Waals surface area contributed by atoms with Gasteiger partial charge in [-0.1, -0.05) is 12.1 Å². The Bertz CT molecular complexity index is 700. The summed E-state index contributed by atoms with van der Waals surface area (Å²) < 4.78 is 52.9. The molecule has 0 aliphatic carbocycles. The summed E-state index contributed by atoms with van der Waals surface area (Å²) in [6, 6.07) is 10.2. The lowest BCUT2D eigenvalue weighted by Gasteiger charge is -2.16. The third-order valence-corrected chi connectivity index (χ3v) is 3.24. The van der Waals surface area contributed by atoms with E-state index in [1.807, 2.05) is 0 Å². The Labute approximate surface area is 141 Å². The van der Waals surface area contributed by atoms with Crippen LogP contribution in [0.5, 0.6) is 5.75 Å². The summed E-state index contributed by atoms with van der Waals surface area (Å²) in [6.07, 6.45) is -4.75. The quantitative estimate of drug-likeness (QED) is 0.773. The number of halogens is 4. The number of nitrogens with one attached hydrogen (secondary N) is 2. The van der Waals surface area contributed by atoms with Gasteiger partial charge in [0.1, 0.15) is 17.6 Å². The van der Waals surface area contributed by atoms with Crippen LogP contribution in [-0.4, -0.2) is 18.3 Å². The van der Waals surface area contributed by atoms with Crippen LogP contribution >= 0.6 is 0 Å². The fraction of sp³-hybridized carbons (Fsp3) is 0.235. The molecular formula is C17H16F4N2O2. The Kier molecular flexibility index (Phi) is 5.84. The summed E-state index contributed by atoms with van der Waals surface area (Å²) in [5.41, 5.74) is 1.22. The maximum Gasteiger partial charge on any atom is 0.573 e. The molecule has 0 aliphatic rings. The van der Waals surface area contributed by atoms with Crippen molar-refractivity contribution in [1.82, 2.24) is 5.32 Å². The molecule has 1 unspecified atom stereocenters. The fourth-order valence-electron chi connectivity index (χ4n) is 2.01. The summed E-state index contributed by atoms with van der Waals surface area (Å²) in [5, 5.41) is 5.55. The minimum absolute atomic E-state index is 0.240. The molecule has 2 aromatic rings. The van der Waals surface area contributed by atoms with E-state index in [1.54, 1.807) is 19.1 Å². The first-order chi connectivity index (χ1) is 11.7. The van der Waals surface area contributed by atoms with Gasteiger partial charge < -0.3 is 15.4 Å². The first-order valence-corrected chi connectivity index (χ1v) is 7.37. The highest BCUT2D eigenvalue weighted by Gasteiger charge is 2.30. The smallest absolute Gasteiger partial charge is 0.406 e. The number of hydrogen-bond acceptors (Lipinski definition) is 3. The van der Waals surface area contributed by atoms with E-state index in [1.165, 1.54) is 24.3 Å². The molecule has 0 aliphatic heterocycles. The van der Waals surface area contributed by atoms with Crippen LogP contribution in [0.4, 0.5) is 23.2 Å². The second kappa shape index (κ2) is 7.87. The predicted molar refractivity (Wildman–Crippen MR) is 84.5 cm³/mol. The third kappa shape index (κ3) is 6.33. The Hall–Kier alpha value is -2.77. The van der Waals surface area contributed by atoms with E-state index in [0.717, 1.165) is 17.7 Å². The third-order valence-electron chi connectivity index (χ3n) is 3.24. The van der Waals surface area contributed by atoms with Gasteiger partial charge in [0, 0.05) is 12.2 Å². The minimum atomic E-state index is -4.75. The Morgan fingerprint density at radius 1 is 1.08 bits per heavy atom. The van der Waals surface area contributed by atoms with Crippen molar-refractivity contribution in [3.8, 4) is 5.75 Å². The van der Waals surface area contributed by atoms with Crippen LogP contribution in [0.3, 0.4) is 0 Å². The van der Waals surface area contributed by atoms with E-state index in [9.17, 15) is 22.4 Å². The van der Waals surface area contributed by atoms with Crippen LogP contribution in [0.15, 0.2) is 48.5 Å². The molecule has 8 heteroatoms. The lowest BCUT2D eigenvalue weighted by Crippen LogP contribution is -2.37. The van der Waals surface area contributed by atoms with Crippen molar-refractivity contribution in [3.63, 3.8) is 0 Å². The van der Waals surface area contributed by atoms with Crippen molar-refractivity contribution < 1.29 is 27.1 Å². The molecule has 0 bridgehead atoms. The van der Waals surface area contributed by atoms with Gasteiger partial charge in [0.25, 0.3) is 0 Å². The SMILES string of the molecule is CC(Nc1ccc(OC(F)(F)F)cc1)C(=O)NCc1ccc(F)cc1. The van der Waals surface area contributed by atoms with Crippen LogP contribution in [0.2, 0.25) is 0 Å². The van der Waals surface area contributed by atoms with Crippen molar-refractivity contribution >= 4 is 11.6 Å². The Morgan fingerprint density at radius 3 is 2.24 bits per heavy atom. The highest BCUT2D eigenvalue weighted by Crippen LogP contribution is 2.24. The topological polar surface area (TPSA) is 50.4 Å². The first-order valence-electron chi connectivity index (χ1n) is 7.37. The second-order valence-electron chi connectivity index (χ2n) is 5.28. The van der Waals surface area contributed by atoms with Gasteiger partial charge >= 0.3 is 6.36 Å². The molecule has 0 fully saturated rings. The molecule has 4 nitrogen and oxygen atoms in total. The lowest BCUT2D eigenvalue weighted by atomic mass is 10.2. The van der Waals surface area contributed by atoms with E-state index < -0.39 is 12.4 Å². The number of alkyl halides is 3. The number of amides is 1. The zero-order valence-electron chi connectivity index (χ0n) is 13.2. The number of rotatable bonds is 6. The summed E-state index contributed by atoms with van der Waals surface area (Å²) in [5.74, 6) is -1.01. The molecule has 0 saturated carbocycles. The molecule has 0 heterocycles. The van der Waals surface area contributed by atoms with Crippen LogP contribution < -0.4 is 15.4 Å². The highest BCUT2D eigenvalue weighted by molar-refractivity contribution is 5.84. The number of carbonyl (C=O) groups excluding carboxylic acids is 1. The molecule has 2 aromatic carbocycles. The monoisotopic (exact) mass is 356 g/mol. The van der Waals surface area contributed by atoms with E-state index >= 15 is 0 Å². The largest absolute Gasteiger partial charge is 0.573 e. The van der Waals surface area contributed by atoms with Crippen molar-refractivity contribution in [1.29, 1.82) is 0 Å². The number of anilines is 1. The van der Waals surface area contributed by atoms with Crippen LogP contribution in [0.1, 0.15) is 12.5 Å². The second-order valence-corrected chi connectivity index (χ2v) is 5.28. The number of benzene rings is 2. The Balaban J connectivity index is 1.84. The van der Waals surface area contributed by atoms with Crippen molar-refractivity contribution in [2.45, 2.75) is 25.9 Å². The fourth-order valence-corrected chi connectivity index (χ4v) is 2.01. The van der Waals surface area contributed by atoms with E-state index in [-0.39, 0.29) is 24.0 Å². The molecule has 2 rings (SSSR count). The predicted octanol–water partition coefficient (Wildman–Crippen LogP) is 3.84. The highest BCUT2D eigenvalue weighted by atomic mass is 19.4. The summed E-state index contributed by atoms with van der Waals surface area (Å²) in [4.78, 5) is 12.0. The molecule has 2 N–H and O–H groups in total. The van der Waals surface area contributed by atoms with Crippen LogP contribution in [0.25, 0.3) is 0 Å². The molecule has 1 amide bonds. The standard InChI is InChI=1S/C17H16F4N2O2/c1-11(16(24)22-10-12-2-4-13(18)5-3-12)23-14-6-8-15(9-7-14)25-17(19,20)21/h2-9,11,23H,10H2,1H3,(H,22,24). The molecule has 1 atom stereocenters. The van der Waals surface area contributed by atoms with Gasteiger partial charge in [-0.15, -0.1) is 13.2 Å². The molecule has 0 saturated heterocycles. The molecule has 25 heavy (non-hydrogen) atoms. The summed E-state index contributed by atoms with van der Waals surface area (Å²) in [7, 11) is 0. The van der Waals surface area contributed by atoms with Gasteiger partial charge in [0.05, 0.1) is 0 Å². The van der Waals surface area contributed by atoms with Crippen molar-refractivity contribution in [2.24, 2.45) is 0 Å². The summed E-state index contributed by atoms with van der Waals surface area (Å²) in [6.45, 7) is 1.85. The molecular weight excluding hydrogens is 340 g/mol. The average Bonchev–Trinajstić information content (AvgIpc) is 2.54. The number of hydrogen-bond donors (Lipinski definition) is 2.